The number of rotatable bonds is 4. The molecule has 0 aliphatic rings. The third kappa shape index (κ3) is 4.20. The Morgan fingerprint density at radius 3 is 2.47 bits per heavy atom. The largest absolute Gasteiger partial charge is 0.467 e. The number of alkyl halides is 3. The second-order valence-electron chi connectivity index (χ2n) is 2.95. The highest BCUT2D eigenvalue weighted by molar-refractivity contribution is 5.33. The van der Waals surface area contributed by atoms with Gasteiger partial charge in [0.1, 0.15) is 5.75 Å². The van der Waals surface area contributed by atoms with Crippen molar-refractivity contribution in [1.82, 2.24) is 0 Å². The quantitative estimate of drug-likeness (QED) is 0.726. The number of halogens is 3. The number of methoxy groups -OCH3 is 1. The van der Waals surface area contributed by atoms with E-state index >= 15 is 0 Å². The minimum absolute atomic E-state index is 0.0606. The Labute approximate surface area is 85.6 Å². The van der Waals surface area contributed by atoms with Crippen molar-refractivity contribution < 1.29 is 22.6 Å². The lowest BCUT2D eigenvalue weighted by Crippen LogP contribution is -2.13. The van der Waals surface area contributed by atoms with Crippen molar-refractivity contribution in [2.45, 2.75) is 12.6 Å². The first-order chi connectivity index (χ1) is 7.03. The normalized spacial score (nSPS) is 11.5. The third-order valence-corrected chi connectivity index (χ3v) is 1.70. The number of para-hydroxylation sites is 1. The maximum Gasteiger partial charge on any atom is 0.393 e. The van der Waals surface area contributed by atoms with Crippen LogP contribution in [0.3, 0.4) is 0 Å². The minimum atomic E-state index is -4.23. The molecule has 5 heteroatoms. The van der Waals surface area contributed by atoms with Crippen LogP contribution < -0.4 is 4.74 Å². The maximum absolute atomic E-state index is 12.2. The van der Waals surface area contributed by atoms with E-state index in [0.717, 1.165) is 0 Å². The summed E-state index contributed by atoms with van der Waals surface area (Å²) in [6.07, 6.45) is -5.22. The average Bonchev–Trinajstić information content (AvgIpc) is 2.14. The molecule has 0 aliphatic heterocycles. The van der Waals surface area contributed by atoms with Crippen molar-refractivity contribution in [3.8, 4) is 5.75 Å². The van der Waals surface area contributed by atoms with Crippen molar-refractivity contribution in [1.29, 1.82) is 0 Å². The summed E-state index contributed by atoms with van der Waals surface area (Å²) in [7, 11) is 1.41. The van der Waals surface area contributed by atoms with E-state index in [9.17, 15) is 13.2 Å². The van der Waals surface area contributed by atoms with Crippen molar-refractivity contribution in [2.24, 2.45) is 0 Å². The van der Waals surface area contributed by atoms with Gasteiger partial charge in [0.2, 0.25) is 0 Å². The fourth-order valence-electron chi connectivity index (χ4n) is 1.13. The summed E-state index contributed by atoms with van der Waals surface area (Å²) in [5.74, 6) is 0.205. The molecular formula is C10H11F3O2. The van der Waals surface area contributed by atoms with Gasteiger partial charge in [-0.25, -0.2) is 0 Å². The van der Waals surface area contributed by atoms with E-state index in [0.29, 0.717) is 0 Å². The number of benzene rings is 1. The molecule has 84 valence electrons. The fraction of sp³-hybridized carbons (Fsp3) is 0.400. The smallest absolute Gasteiger partial charge is 0.393 e. The van der Waals surface area contributed by atoms with Gasteiger partial charge in [0.05, 0.1) is 6.42 Å². The molecule has 0 atom stereocenters. The Kier molecular flexibility index (Phi) is 3.96. The van der Waals surface area contributed by atoms with Gasteiger partial charge in [0.15, 0.2) is 6.79 Å². The molecular weight excluding hydrogens is 209 g/mol. The molecule has 0 bridgehead atoms. The molecule has 0 saturated heterocycles. The molecule has 0 amide bonds. The third-order valence-electron chi connectivity index (χ3n) is 1.70. The SMILES string of the molecule is COCOc1ccccc1CC(F)(F)F. The molecule has 15 heavy (non-hydrogen) atoms. The predicted molar refractivity (Wildman–Crippen MR) is 48.7 cm³/mol. The monoisotopic (exact) mass is 220 g/mol. The van der Waals surface area contributed by atoms with Gasteiger partial charge in [-0.15, -0.1) is 0 Å². The van der Waals surface area contributed by atoms with Gasteiger partial charge in [-0.2, -0.15) is 13.2 Å². The Bertz CT molecular complexity index is 310. The molecule has 0 aliphatic carbocycles. The topological polar surface area (TPSA) is 18.5 Å². The molecule has 0 aromatic heterocycles. The zero-order valence-corrected chi connectivity index (χ0v) is 8.17. The molecule has 1 aromatic carbocycles. The van der Waals surface area contributed by atoms with Gasteiger partial charge in [0, 0.05) is 12.7 Å². The van der Waals surface area contributed by atoms with E-state index in [1.165, 1.54) is 19.2 Å². The summed E-state index contributed by atoms with van der Waals surface area (Å²) in [6, 6.07) is 6.03. The van der Waals surface area contributed by atoms with E-state index in [-0.39, 0.29) is 18.1 Å². The minimum Gasteiger partial charge on any atom is -0.467 e. The van der Waals surface area contributed by atoms with Gasteiger partial charge >= 0.3 is 6.18 Å². The first-order valence-electron chi connectivity index (χ1n) is 4.29. The van der Waals surface area contributed by atoms with Crippen LogP contribution in [0.15, 0.2) is 24.3 Å². The van der Waals surface area contributed by atoms with E-state index < -0.39 is 12.6 Å². The molecule has 2 nitrogen and oxygen atoms in total. The standard InChI is InChI=1S/C10H11F3O2/c1-14-7-15-9-5-3-2-4-8(9)6-10(11,12)13/h2-5H,6-7H2,1H3. The molecule has 0 radical (unpaired) electrons. The van der Waals surface area contributed by atoms with Gasteiger partial charge in [-0.3, -0.25) is 0 Å². The highest BCUT2D eigenvalue weighted by atomic mass is 19.4. The van der Waals surface area contributed by atoms with Gasteiger partial charge < -0.3 is 9.47 Å². The average molecular weight is 220 g/mol. The van der Waals surface area contributed by atoms with Crippen molar-refractivity contribution >= 4 is 0 Å². The first kappa shape index (κ1) is 11.8. The van der Waals surface area contributed by atoms with Crippen LogP contribution in [0, 0.1) is 0 Å². The number of hydrogen-bond acceptors (Lipinski definition) is 2. The van der Waals surface area contributed by atoms with Crippen LogP contribution in [0.1, 0.15) is 5.56 Å². The molecule has 0 fully saturated rings. The Balaban J connectivity index is 2.77. The summed E-state index contributed by atoms with van der Waals surface area (Å²) in [5.41, 5.74) is 0.113. The number of hydrogen-bond donors (Lipinski definition) is 0. The molecule has 0 heterocycles. The molecule has 0 saturated carbocycles. The fourth-order valence-corrected chi connectivity index (χ4v) is 1.13. The summed E-state index contributed by atoms with van der Waals surface area (Å²) >= 11 is 0. The lowest BCUT2D eigenvalue weighted by atomic mass is 10.1. The summed E-state index contributed by atoms with van der Waals surface area (Å²) in [6.45, 7) is -0.0606. The highest BCUT2D eigenvalue weighted by Crippen LogP contribution is 2.27. The van der Waals surface area contributed by atoms with Crippen molar-refractivity contribution in [3.05, 3.63) is 29.8 Å². The number of ether oxygens (including phenoxy) is 2. The Morgan fingerprint density at radius 1 is 1.20 bits per heavy atom. The maximum atomic E-state index is 12.2. The van der Waals surface area contributed by atoms with Crippen LogP contribution in [0.5, 0.6) is 5.75 Å². The summed E-state index contributed by atoms with van der Waals surface area (Å²) < 4.78 is 46.1. The van der Waals surface area contributed by atoms with E-state index in [4.69, 9.17) is 4.74 Å². The first-order valence-corrected chi connectivity index (χ1v) is 4.29. The second-order valence-corrected chi connectivity index (χ2v) is 2.95. The van der Waals surface area contributed by atoms with E-state index in [1.807, 2.05) is 0 Å². The summed E-state index contributed by atoms with van der Waals surface area (Å²) in [5, 5.41) is 0. The van der Waals surface area contributed by atoms with Crippen LogP contribution in [-0.2, 0) is 11.2 Å². The zero-order chi connectivity index (χ0) is 11.3. The Hall–Kier alpha value is -1.23. The van der Waals surface area contributed by atoms with Crippen molar-refractivity contribution in [3.63, 3.8) is 0 Å². The van der Waals surface area contributed by atoms with Gasteiger partial charge in [-0.1, -0.05) is 18.2 Å². The predicted octanol–water partition coefficient (Wildman–Crippen LogP) is 2.77. The van der Waals surface area contributed by atoms with Crippen LogP contribution in [0.4, 0.5) is 13.2 Å². The lowest BCUT2D eigenvalue weighted by Gasteiger charge is -2.12. The molecule has 0 spiro atoms. The van der Waals surface area contributed by atoms with E-state index in [2.05, 4.69) is 4.74 Å². The molecule has 1 rings (SSSR count). The van der Waals surface area contributed by atoms with Crippen LogP contribution in [-0.4, -0.2) is 20.1 Å². The zero-order valence-electron chi connectivity index (χ0n) is 8.17. The molecule has 0 unspecified atom stereocenters. The highest BCUT2D eigenvalue weighted by Gasteiger charge is 2.29. The van der Waals surface area contributed by atoms with Gasteiger partial charge in [-0.05, 0) is 6.07 Å². The lowest BCUT2D eigenvalue weighted by molar-refractivity contribution is -0.127. The second kappa shape index (κ2) is 5.02. The molecule has 1 aromatic rings. The van der Waals surface area contributed by atoms with Crippen LogP contribution in [0.25, 0.3) is 0 Å². The molecule has 0 N–H and O–H groups in total. The van der Waals surface area contributed by atoms with Gasteiger partial charge in [0.25, 0.3) is 0 Å². The van der Waals surface area contributed by atoms with Crippen LogP contribution >= 0.6 is 0 Å². The van der Waals surface area contributed by atoms with Crippen molar-refractivity contribution in [2.75, 3.05) is 13.9 Å². The summed E-state index contributed by atoms with van der Waals surface area (Å²) in [4.78, 5) is 0. The van der Waals surface area contributed by atoms with E-state index in [1.54, 1.807) is 12.1 Å². The van der Waals surface area contributed by atoms with Crippen LogP contribution in [0.2, 0.25) is 0 Å². The Morgan fingerprint density at radius 2 is 1.87 bits per heavy atom.